The molecule has 3 rings (SSSR count). The molecular formula is C33H48N4S. The molecule has 0 aliphatic carbocycles. The van der Waals surface area contributed by atoms with Crippen molar-refractivity contribution < 1.29 is 0 Å². The quantitative estimate of drug-likeness (QED) is 0.148. The molecule has 4 nitrogen and oxygen atoms in total. The Kier molecular flexibility index (Phi) is 15.7. The SMILES string of the molecule is C=C/C(N)=C(C)/N=C(\C=C(/C)NCCCN(C)Cc1csc2ccccc12)c1ccccc1C.CC.CC. The number of nitrogens with one attached hydrogen (secondary N) is 1. The van der Waals surface area contributed by atoms with Gasteiger partial charge in [0.1, 0.15) is 0 Å². The summed E-state index contributed by atoms with van der Waals surface area (Å²) < 4.78 is 1.36. The van der Waals surface area contributed by atoms with Gasteiger partial charge in [0, 0.05) is 29.0 Å². The molecule has 0 saturated carbocycles. The standard InChI is InChI=1S/C29H36N4S.2C2H6/c1-6-27(30)23(4)32-28(25-13-8-7-12-21(25)2)18-22(3)31-16-11-17-33(5)19-24-20-34-29-15-10-9-14-26(24)29;2*1-2/h6-10,12-15,18,20,31H,1,11,16-17,19,30H2,2-5H3;2*1-2H3/b22-18+,27-23-,32-28+;;. The van der Waals surface area contributed by atoms with Crippen molar-refractivity contribution in [1.82, 2.24) is 10.2 Å². The van der Waals surface area contributed by atoms with Gasteiger partial charge in [-0.1, -0.05) is 76.7 Å². The van der Waals surface area contributed by atoms with E-state index in [1.54, 1.807) is 6.08 Å². The lowest BCUT2D eigenvalue weighted by atomic mass is 10.0. The summed E-state index contributed by atoms with van der Waals surface area (Å²) in [5.74, 6) is 0. The van der Waals surface area contributed by atoms with E-state index < -0.39 is 0 Å². The van der Waals surface area contributed by atoms with Gasteiger partial charge in [0.05, 0.1) is 17.1 Å². The average molecular weight is 533 g/mol. The first-order valence-electron chi connectivity index (χ1n) is 13.7. The van der Waals surface area contributed by atoms with Crippen LogP contribution in [0.15, 0.2) is 94.7 Å². The van der Waals surface area contributed by atoms with Crippen molar-refractivity contribution in [2.75, 3.05) is 20.1 Å². The predicted molar refractivity (Wildman–Crippen MR) is 172 cm³/mol. The largest absolute Gasteiger partial charge is 0.397 e. The zero-order chi connectivity index (χ0) is 28.5. The number of aryl methyl sites for hydroxylation is 1. The molecule has 0 atom stereocenters. The van der Waals surface area contributed by atoms with Gasteiger partial charge in [-0.15, -0.1) is 11.3 Å². The highest BCUT2D eigenvalue weighted by Crippen LogP contribution is 2.26. The van der Waals surface area contributed by atoms with Gasteiger partial charge in [0.15, 0.2) is 0 Å². The molecule has 1 heterocycles. The number of allylic oxidation sites excluding steroid dienone is 4. The molecule has 0 aliphatic rings. The van der Waals surface area contributed by atoms with Crippen LogP contribution in [0, 0.1) is 6.92 Å². The molecule has 0 unspecified atom stereocenters. The van der Waals surface area contributed by atoms with Gasteiger partial charge < -0.3 is 16.0 Å². The maximum atomic E-state index is 6.03. The van der Waals surface area contributed by atoms with Crippen LogP contribution in [0.4, 0.5) is 0 Å². The Bertz CT molecular complexity index is 1220. The van der Waals surface area contributed by atoms with Gasteiger partial charge >= 0.3 is 0 Å². The Morgan fingerprint density at radius 1 is 1.05 bits per heavy atom. The number of nitrogens with two attached hydrogens (primary N) is 1. The third kappa shape index (κ3) is 10.3. The highest BCUT2D eigenvalue weighted by molar-refractivity contribution is 7.17. The number of hydrogen-bond acceptors (Lipinski definition) is 5. The van der Waals surface area contributed by atoms with E-state index in [0.717, 1.165) is 48.7 Å². The number of thiophene rings is 1. The Morgan fingerprint density at radius 3 is 2.39 bits per heavy atom. The van der Waals surface area contributed by atoms with E-state index in [1.165, 1.54) is 21.2 Å². The molecule has 5 heteroatoms. The fraction of sp³-hybridized carbons (Fsp3) is 0.364. The van der Waals surface area contributed by atoms with Crippen LogP contribution in [0.1, 0.15) is 64.7 Å². The van der Waals surface area contributed by atoms with Crippen molar-refractivity contribution in [1.29, 1.82) is 0 Å². The van der Waals surface area contributed by atoms with Crippen molar-refractivity contribution in [2.45, 2.75) is 61.4 Å². The molecule has 0 radical (unpaired) electrons. The molecule has 0 aliphatic heterocycles. The second-order valence-corrected chi connectivity index (χ2v) is 9.57. The van der Waals surface area contributed by atoms with Gasteiger partial charge in [0.25, 0.3) is 0 Å². The summed E-state index contributed by atoms with van der Waals surface area (Å²) in [6, 6.07) is 16.9. The van der Waals surface area contributed by atoms with Crippen LogP contribution in [0.25, 0.3) is 10.1 Å². The zero-order valence-electron chi connectivity index (χ0n) is 24.8. The third-order valence-corrected chi connectivity index (χ3v) is 6.83. The second kappa shape index (κ2) is 18.2. The maximum Gasteiger partial charge on any atom is 0.0725 e. The fourth-order valence-electron chi connectivity index (χ4n) is 3.84. The van der Waals surface area contributed by atoms with Crippen LogP contribution >= 0.6 is 11.3 Å². The summed E-state index contributed by atoms with van der Waals surface area (Å²) in [6.45, 7) is 20.8. The lowest BCUT2D eigenvalue weighted by Gasteiger charge is -2.17. The first-order valence-corrected chi connectivity index (χ1v) is 14.6. The molecule has 0 saturated heterocycles. The zero-order valence-corrected chi connectivity index (χ0v) is 25.6. The minimum absolute atomic E-state index is 0.589. The number of fused-ring (bicyclic) bond motifs is 1. The van der Waals surface area contributed by atoms with E-state index in [2.05, 4.69) is 85.5 Å². The van der Waals surface area contributed by atoms with Crippen LogP contribution < -0.4 is 11.1 Å². The predicted octanol–water partition coefficient (Wildman–Crippen LogP) is 8.44. The normalized spacial score (nSPS) is 12.2. The van der Waals surface area contributed by atoms with E-state index in [-0.39, 0.29) is 0 Å². The molecule has 1 aromatic heterocycles. The van der Waals surface area contributed by atoms with Gasteiger partial charge in [-0.2, -0.15) is 0 Å². The Labute approximate surface area is 235 Å². The van der Waals surface area contributed by atoms with Crippen molar-refractivity contribution in [3.05, 3.63) is 106 Å². The number of hydrogen-bond donors (Lipinski definition) is 2. The molecule has 2 aromatic carbocycles. The van der Waals surface area contributed by atoms with Crippen LogP contribution in [-0.4, -0.2) is 30.7 Å². The maximum absolute atomic E-state index is 6.03. The molecule has 3 N–H and O–H groups in total. The monoisotopic (exact) mass is 532 g/mol. The van der Waals surface area contributed by atoms with Crippen LogP contribution in [0.5, 0.6) is 0 Å². The molecule has 206 valence electrons. The number of nitrogens with zero attached hydrogens (tertiary/aromatic N) is 2. The summed E-state index contributed by atoms with van der Waals surface area (Å²) in [5, 5.41) is 7.21. The first-order chi connectivity index (χ1) is 18.4. The van der Waals surface area contributed by atoms with Crippen molar-refractivity contribution >= 4 is 27.1 Å². The average Bonchev–Trinajstić information content (AvgIpc) is 3.35. The molecule has 0 amide bonds. The molecular weight excluding hydrogens is 484 g/mol. The molecule has 3 aromatic rings. The van der Waals surface area contributed by atoms with E-state index in [0.29, 0.717) is 5.70 Å². The van der Waals surface area contributed by atoms with Gasteiger partial charge in [-0.05, 0) is 80.9 Å². The van der Waals surface area contributed by atoms with Crippen LogP contribution in [0.3, 0.4) is 0 Å². The van der Waals surface area contributed by atoms with Gasteiger partial charge in [-0.3, -0.25) is 4.99 Å². The highest BCUT2D eigenvalue weighted by atomic mass is 32.1. The van der Waals surface area contributed by atoms with Gasteiger partial charge in [-0.25, -0.2) is 0 Å². The Morgan fingerprint density at radius 2 is 1.71 bits per heavy atom. The topological polar surface area (TPSA) is 53.6 Å². The molecule has 38 heavy (non-hydrogen) atoms. The summed E-state index contributed by atoms with van der Waals surface area (Å²) >= 11 is 1.83. The van der Waals surface area contributed by atoms with Crippen molar-refractivity contribution in [3.63, 3.8) is 0 Å². The van der Waals surface area contributed by atoms with Gasteiger partial charge in [0.2, 0.25) is 0 Å². The lowest BCUT2D eigenvalue weighted by molar-refractivity contribution is 0.323. The summed E-state index contributed by atoms with van der Waals surface area (Å²) in [5.41, 5.74) is 13.1. The molecule has 0 fully saturated rings. The minimum Gasteiger partial charge on any atom is -0.397 e. The summed E-state index contributed by atoms with van der Waals surface area (Å²) in [7, 11) is 2.19. The van der Waals surface area contributed by atoms with E-state index in [1.807, 2.05) is 58.1 Å². The minimum atomic E-state index is 0.589. The Hall–Kier alpha value is -3.15. The Balaban J connectivity index is 0.00000172. The molecule has 0 spiro atoms. The lowest BCUT2D eigenvalue weighted by Crippen LogP contribution is -2.23. The molecule has 0 bridgehead atoms. The third-order valence-electron chi connectivity index (χ3n) is 5.82. The van der Waals surface area contributed by atoms with E-state index in [4.69, 9.17) is 10.7 Å². The highest BCUT2D eigenvalue weighted by Gasteiger charge is 2.08. The van der Waals surface area contributed by atoms with Crippen molar-refractivity contribution in [3.8, 4) is 0 Å². The number of rotatable bonds is 11. The first kappa shape index (κ1) is 32.9. The van der Waals surface area contributed by atoms with E-state index in [9.17, 15) is 0 Å². The number of aliphatic imine (C=N–C) groups is 1. The fourth-order valence-corrected chi connectivity index (χ4v) is 4.79. The number of benzene rings is 2. The van der Waals surface area contributed by atoms with Crippen molar-refractivity contribution in [2.24, 2.45) is 10.7 Å². The second-order valence-electron chi connectivity index (χ2n) is 8.66. The summed E-state index contributed by atoms with van der Waals surface area (Å²) in [4.78, 5) is 7.21. The van der Waals surface area contributed by atoms with Crippen LogP contribution in [-0.2, 0) is 6.54 Å². The summed E-state index contributed by atoms with van der Waals surface area (Å²) in [6.07, 6.45) is 4.80. The van der Waals surface area contributed by atoms with Crippen LogP contribution in [0.2, 0.25) is 0 Å². The van der Waals surface area contributed by atoms with E-state index >= 15 is 0 Å². The smallest absolute Gasteiger partial charge is 0.0725 e.